The number of hydrogen-bond acceptors (Lipinski definition) is 4. The zero-order valence-electron chi connectivity index (χ0n) is 14.9. The molecule has 0 amide bonds. The molecular weight excluding hydrogens is 372 g/mol. The average molecular weight is 399 g/mol. The SMILES string of the molecule is O=S(=O)(NC1CC1)c1cccc(S(=O)(=O)N2CCCC3(CCCC3)C2)c1. The predicted molar refractivity (Wildman–Crippen MR) is 98.7 cm³/mol. The molecule has 1 aromatic carbocycles. The number of piperidine rings is 1. The Balaban J connectivity index is 1.60. The third-order valence-corrected chi connectivity index (χ3v) is 9.30. The fourth-order valence-corrected chi connectivity index (χ4v) is 7.40. The van der Waals surface area contributed by atoms with Crippen molar-refractivity contribution in [1.82, 2.24) is 9.03 Å². The summed E-state index contributed by atoms with van der Waals surface area (Å²) in [4.78, 5) is 0.101. The Kier molecular flexibility index (Phi) is 4.66. The van der Waals surface area contributed by atoms with E-state index in [0.29, 0.717) is 13.1 Å². The van der Waals surface area contributed by atoms with Crippen LogP contribution in [0.3, 0.4) is 0 Å². The van der Waals surface area contributed by atoms with Crippen LogP contribution in [0.15, 0.2) is 34.1 Å². The number of sulfonamides is 2. The van der Waals surface area contributed by atoms with E-state index in [1.807, 2.05) is 0 Å². The Morgan fingerprint density at radius 1 is 0.962 bits per heavy atom. The van der Waals surface area contributed by atoms with Crippen LogP contribution >= 0.6 is 0 Å². The summed E-state index contributed by atoms with van der Waals surface area (Å²) in [5, 5.41) is 0. The summed E-state index contributed by atoms with van der Waals surface area (Å²) in [5.41, 5.74) is 0.128. The second kappa shape index (κ2) is 6.58. The van der Waals surface area contributed by atoms with E-state index in [1.165, 1.54) is 37.1 Å². The van der Waals surface area contributed by atoms with Gasteiger partial charge in [-0.05, 0) is 62.1 Å². The van der Waals surface area contributed by atoms with E-state index in [9.17, 15) is 16.8 Å². The number of rotatable bonds is 5. The molecule has 0 bridgehead atoms. The van der Waals surface area contributed by atoms with Crippen molar-refractivity contribution in [2.45, 2.75) is 67.2 Å². The first-order valence-corrected chi connectivity index (χ1v) is 12.4. The van der Waals surface area contributed by atoms with Crippen LogP contribution in [0, 0.1) is 5.41 Å². The van der Waals surface area contributed by atoms with Crippen LogP contribution in [0.1, 0.15) is 51.4 Å². The van der Waals surface area contributed by atoms with Crippen molar-refractivity contribution in [3.63, 3.8) is 0 Å². The molecule has 3 fully saturated rings. The summed E-state index contributed by atoms with van der Waals surface area (Å²) in [5.74, 6) is 0. The van der Waals surface area contributed by atoms with Crippen molar-refractivity contribution < 1.29 is 16.8 Å². The highest BCUT2D eigenvalue weighted by molar-refractivity contribution is 7.90. The first-order chi connectivity index (χ1) is 12.3. The molecule has 0 unspecified atom stereocenters. The fraction of sp³-hybridized carbons (Fsp3) is 0.667. The summed E-state index contributed by atoms with van der Waals surface area (Å²) in [6, 6.07) is 5.77. The van der Waals surface area contributed by atoms with Crippen molar-refractivity contribution in [2.75, 3.05) is 13.1 Å². The number of nitrogens with zero attached hydrogens (tertiary/aromatic N) is 1. The summed E-state index contributed by atoms with van der Waals surface area (Å²) in [6.45, 7) is 1.08. The lowest BCUT2D eigenvalue weighted by molar-refractivity contribution is 0.152. The molecular formula is C18H26N2O4S2. The van der Waals surface area contributed by atoms with E-state index in [-0.39, 0.29) is 21.2 Å². The first kappa shape index (κ1) is 18.4. The molecule has 0 aromatic heterocycles. The highest BCUT2D eigenvalue weighted by atomic mass is 32.2. The van der Waals surface area contributed by atoms with Gasteiger partial charge in [0.15, 0.2) is 0 Å². The summed E-state index contributed by atoms with van der Waals surface area (Å²) < 4.78 is 55.3. The minimum absolute atomic E-state index is 0.00965. The van der Waals surface area contributed by atoms with Crippen LogP contribution in [0.4, 0.5) is 0 Å². The molecule has 1 N–H and O–H groups in total. The van der Waals surface area contributed by atoms with Crippen molar-refractivity contribution in [3.05, 3.63) is 24.3 Å². The van der Waals surface area contributed by atoms with Crippen molar-refractivity contribution in [2.24, 2.45) is 5.41 Å². The highest BCUT2D eigenvalue weighted by Crippen LogP contribution is 2.45. The minimum Gasteiger partial charge on any atom is -0.208 e. The van der Waals surface area contributed by atoms with Crippen LogP contribution in [0.2, 0.25) is 0 Å². The molecule has 1 aromatic rings. The molecule has 2 aliphatic carbocycles. The summed E-state index contributed by atoms with van der Waals surface area (Å²) >= 11 is 0. The molecule has 0 radical (unpaired) electrons. The van der Waals surface area contributed by atoms with Gasteiger partial charge < -0.3 is 0 Å². The van der Waals surface area contributed by atoms with Crippen LogP contribution in [0.5, 0.6) is 0 Å². The molecule has 1 aliphatic heterocycles. The van der Waals surface area contributed by atoms with Gasteiger partial charge in [0, 0.05) is 19.1 Å². The van der Waals surface area contributed by atoms with Crippen molar-refractivity contribution in [1.29, 1.82) is 0 Å². The van der Waals surface area contributed by atoms with Gasteiger partial charge in [0.1, 0.15) is 0 Å². The molecule has 1 saturated heterocycles. The zero-order valence-corrected chi connectivity index (χ0v) is 16.5. The maximum absolute atomic E-state index is 13.2. The third kappa shape index (κ3) is 3.56. The quantitative estimate of drug-likeness (QED) is 0.826. The largest absolute Gasteiger partial charge is 0.243 e. The predicted octanol–water partition coefficient (Wildman–Crippen LogP) is 2.47. The number of hydrogen-bond donors (Lipinski definition) is 1. The van der Waals surface area contributed by atoms with Gasteiger partial charge in [-0.1, -0.05) is 18.9 Å². The van der Waals surface area contributed by atoms with Crippen LogP contribution in [0.25, 0.3) is 0 Å². The Labute approximate surface area is 156 Å². The minimum atomic E-state index is -3.68. The van der Waals surface area contributed by atoms with Crippen molar-refractivity contribution in [3.8, 4) is 0 Å². The molecule has 1 spiro atoms. The van der Waals surface area contributed by atoms with Crippen molar-refractivity contribution >= 4 is 20.0 Å². The summed E-state index contributed by atoms with van der Waals surface area (Å²) in [7, 11) is -7.35. The Hall–Kier alpha value is -0.960. The van der Waals surface area contributed by atoms with Gasteiger partial charge in [0.05, 0.1) is 9.79 Å². The van der Waals surface area contributed by atoms with Gasteiger partial charge in [0.2, 0.25) is 20.0 Å². The number of nitrogens with one attached hydrogen (secondary N) is 1. The number of benzene rings is 1. The molecule has 4 rings (SSSR count). The van der Waals surface area contributed by atoms with Gasteiger partial charge in [-0.15, -0.1) is 0 Å². The van der Waals surface area contributed by atoms with Gasteiger partial charge in [-0.25, -0.2) is 21.6 Å². The smallest absolute Gasteiger partial charge is 0.208 e. The van der Waals surface area contributed by atoms with E-state index < -0.39 is 20.0 Å². The van der Waals surface area contributed by atoms with Crippen LogP contribution in [-0.2, 0) is 20.0 Å². The average Bonchev–Trinajstić information content (AvgIpc) is 3.32. The maximum atomic E-state index is 13.2. The van der Waals surface area contributed by atoms with Crippen LogP contribution < -0.4 is 4.72 Å². The Morgan fingerprint density at radius 3 is 2.31 bits per heavy atom. The first-order valence-electron chi connectivity index (χ1n) is 9.43. The van der Waals surface area contributed by atoms with Gasteiger partial charge in [-0.3, -0.25) is 0 Å². The highest BCUT2D eigenvalue weighted by Gasteiger charge is 2.41. The maximum Gasteiger partial charge on any atom is 0.243 e. The van der Waals surface area contributed by atoms with Gasteiger partial charge >= 0.3 is 0 Å². The molecule has 1 heterocycles. The Bertz CT molecular complexity index is 886. The molecule has 3 aliphatic rings. The van der Waals surface area contributed by atoms with E-state index >= 15 is 0 Å². The van der Waals surface area contributed by atoms with E-state index in [2.05, 4.69) is 4.72 Å². The molecule has 6 nitrogen and oxygen atoms in total. The van der Waals surface area contributed by atoms with E-state index in [4.69, 9.17) is 0 Å². The lowest BCUT2D eigenvalue weighted by Crippen LogP contribution is -2.44. The van der Waals surface area contributed by atoms with Gasteiger partial charge in [-0.2, -0.15) is 4.31 Å². The topological polar surface area (TPSA) is 83.5 Å². The monoisotopic (exact) mass is 398 g/mol. The van der Waals surface area contributed by atoms with Gasteiger partial charge in [0.25, 0.3) is 0 Å². The lowest BCUT2D eigenvalue weighted by atomic mass is 9.79. The second-order valence-corrected chi connectivity index (χ2v) is 11.7. The van der Waals surface area contributed by atoms with E-state index in [0.717, 1.165) is 38.5 Å². The molecule has 0 atom stereocenters. The van der Waals surface area contributed by atoms with E-state index in [1.54, 1.807) is 4.31 Å². The summed E-state index contributed by atoms with van der Waals surface area (Å²) in [6.07, 6.45) is 8.19. The zero-order chi connectivity index (χ0) is 18.4. The Morgan fingerprint density at radius 2 is 1.62 bits per heavy atom. The molecule has 8 heteroatoms. The third-order valence-electron chi connectivity index (χ3n) is 5.94. The normalized spacial score (nSPS) is 24.2. The fourth-order valence-electron chi connectivity index (χ4n) is 4.34. The van der Waals surface area contributed by atoms with Crippen LogP contribution in [-0.4, -0.2) is 40.3 Å². The standard InChI is InChI=1S/C18H26N2O4S2/c21-25(22,19-15-7-8-15)16-5-3-6-17(13-16)26(23,24)20-12-4-11-18(14-20)9-1-2-10-18/h3,5-6,13,15,19H,1-2,4,7-12,14H2. The molecule has 2 saturated carbocycles. The lowest BCUT2D eigenvalue weighted by Gasteiger charge is -2.39. The molecule has 26 heavy (non-hydrogen) atoms. The molecule has 144 valence electrons. The second-order valence-electron chi connectivity index (χ2n) is 8.02.